The standard InChI is InChI=1S/C21H21F3N2O2/c22-21(23,24)17-8-4-5-15(11-17)12-26-10-9-20(16-6-2-1-3-7-16)18(13-26)28-14-19(27)25-20/h1-8,11,18H,9-10,12-14H2,(H,25,27)/t18-,20+/m1/s1. The highest BCUT2D eigenvalue weighted by atomic mass is 19.4. The quantitative estimate of drug-likeness (QED) is 0.874. The van der Waals surface area contributed by atoms with Gasteiger partial charge in [0.2, 0.25) is 5.91 Å². The molecule has 0 bridgehead atoms. The number of alkyl halides is 3. The molecule has 2 aliphatic rings. The zero-order valence-electron chi connectivity index (χ0n) is 15.2. The maximum absolute atomic E-state index is 13.0. The van der Waals surface area contributed by atoms with E-state index in [2.05, 4.69) is 10.2 Å². The Bertz CT molecular complexity index is 856. The SMILES string of the molecule is O=C1CO[C@@H]2CN(Cc3cccc(C(F)(F)F)c3)CC[C@@]2(c2ccccc2)N1. The Morgan fingerprint density at radius 1 is 1.14 bits per heavy atom. The molecule has 0 aromatic heterocycles. The summed E-state index contributed by atoms with van der Waals surface area (Å²) >= 11 is 0. The van der Waals surface area contributed by atoms with E-state index in [4.69, 9.17) is 4.74 Å². The molecule has 4 rings (SSSR count). The van der Waals surface area contributed by atoms with Gasteiger partial charge in [-0.1, -0.05) is 48.5 Å². The Labute approximate surface area is 161 Å². The number of amides is 1. The number of ether oxygens (including phenoxy) is 1. The minimum absolute atomic E-state index is 0.00332. The number of rotatable bonds is 3. The van der Waals surface area contributed by atoms with Gasteiger partial charge in [-0.2, -0.15) is 13.2 Å². The average molecular weight is 390 g/mol. The molecule has 1 amide bonds. The first-order chi connectivity index (χ1) is 13.4. The van der Waals surface area contributed by atoms with Crippen molar-refractivity contribution in [3.63, 3.8) is 0 Å². The molecule has 2 aromatic rings. The predicted molar refractivity (Wildman–Crippen MR) is 97.3 cm³/mol. The molecule has 2 aromatic carbocycles. The van der Waals surface area contributed by atoms with Crippen LogP contribution in [0.3, 0.4) is 0 Å². The van der Waals surface area contributed by atoms with Crippen LogP contribution in [0, 0.1) is 0 Å². The van der Waals surface area contributed by atoms with Gasteiger partial charge in [-0.25, -0.2) is 0 Å². The molecule has 0 unspecified atom stereocenters. The van der Waals surface area contributed by atoms with Gasteiger partial charge in [0.25, 0.3) is 0 Å². The van der Waals surface area contributed by atoms with Crippen molar-refractivity contribution in [2.75, 3.05) is 19.7 Å². The summed E-state index contributed by atoms with van der Waals surface area (Å²) in [4.78, 5) is 14.1. The maximum Gasteiger partial charge on any atom is 0.416 e. The number of likely N-dealkylation sites (tertiary alicyclic amines) is 1. The molecule has 0 radical (unpaired) electrons. The molecule has 2 heterocycles. The highest BCUT2D eigenvalue weighted by Crippen LogP contribution is 2.37. The highest BCUT2D eigenvalue weighted by Gasteiger charge is 2.48. The Morgan fingerprint density at radius 3 is 2.68 bits per heavy atom. The molecular weight excluding hydrogens is 369 g/mol. The zero-order valence-corrected chi connectivity index (χ0v) is 15.2. The zero-order chi connectivity index (χ0) is 19.8. The van der Waals surface area contributed by atoms with Crippen LogP contribution in [-0.4, -0.2) is 36.6 Å². The number of fused-ring (bicyclic) bond motifs is 1. The number of hydrogen-bond donors (Lipinski definition) is 1. The number of carbonyl (C=O) groups is 1. The summed E-state index contributed by atoms with van der Waals surface area (Å²) in [5.41, 5.74) is 0.372. The predicted octanol–water partition coefficient (Wildman–Crippen LogP) is 3.32. The first kappa shape index (κ1) is 19.0. The van der Waals surface area contributed by atoms with Crippen LogP contribution in [0.15, 0.2) is 54.6 Å². The van der Waals surface area contributed by atoms with E-state index < -0.39 is 17.3 Å². The number of benzene rings is 2. The number of hydrogen-bond acceptors (Lipinski definition) is 3. The smallest absolute Gasteiger partial charge is 0.364 e. The van der Waals surface area contributed by atoms with E-state index in [-0.39, 0.29) is 18.6 Å². The molecular formula is C21H21F3N2O2. The van der Waals surface area contributed by atoms with Gasteiger partial charge in [-0.15, -0.1) is 0 Å². The van der Waals surface area contributed by atoms with Crippen molar-refractivity contribution in [2.24, 2.45) is 0 Å². The Kier molecular flexibility index (Phi) is 4.89. The third kappa shape index (κ3) is 3.64. The molecule has 2 saturated heterocycles. The van der Waals surface area contributed by atoms with Crippen LogP contribution >= 0.6 is 0 Å². The molecule has 2 aliphatic heterocycles. The summed E-state index contributed by atoms with van der Waals surface area (Å²) in [5, 5.41) is 3.12. The van der Waals surface area contributed by atoms with Crippen molar-refractivity contribution in [3.8, 4) is 0 Å². The van der Waals surface area contributed by atoms with Gasteiger partial charge in [0.1, 0.15) is 6.61 Å². The minimum Gasteiger partial charge on any atom is -0.364 e. The third-order valence-electron chi connectivity index (χ3n) is 5.52. The molecule has 0 aliphatic carbocycles. The lowest BCUT2D eigenvalue weighted by atomic mass is 9.77. The highest BCUT2D eigenvalue weighted by molar-refractivity contribution is 5.79. The van der Waals surface area contributed by atoms with Crippen molar-refractivity contribution in [1.82, 2.24) is 10.2 Å². The van der Waals surface area contributed by atoms with Crippen molar-refractivity contribution in [1.29, 1.82) is 0 Å². The van der Waals surface area contributed by atoms with Gasteiger partial charge < -0.3 is 10.1 Å². The van der Waals surface area contributed by atoms with Crippen LogP contribution in [0.25, 0.3) is 0 Å². The second-order valence-electron chi connectivity index (χ2n) is 7.37. The fourth-order valence-electron chi connectivity index (χ4n) is 4.16. The summed E-state index contributed by atoms with van der Waals surface area (Å²) in [6, 6.07) is 15.2. The monoisotopic (exact) mass is 390 g/mol. The molecule has 148 valence electrons. The molecule has 2 fully saturated rings. The Morgan fingerprint density at radius 2 is 1.93 bits per heavy atom. The van der Waals surface area contributed by atoms with Gasteiger partial charge >= 0.3 is 6.18 Å². The lowest BCUT2D eigenvalue weighted by molar-refractivity contribution is -0.152. The first-order valence-corrected chi connectivity index (χ1v) is 9.23. The molecule has 7 heteroatoms. The van der Waals surface area contributed by atoms with Crippen molar-refractivity contribution in [3.05, 3.63) is 71.3 Å². The molecule has 1 N–H and O–H groups in total. The summed E-state index contributed by atoms with van der Waals surface area (Å²) in [5.74, 6) is -0.147. The topological polar surface area (TPSA) is 41.6 Å². The fourth-order valence-corrected chi connectivity index (χ4v) is 4.16. The molecule has 0 saturated carbocycles. The van der Waals surface area contributed by atoms with E-state index >= 15 is 0 Å². The van der Waals surface area contributed by atoms with Crippen LogP contribution in [0.4, 0.5) is 13.2 Å². The van der Waals surface area contributed by atoms with Crippen molar-refractivity contribution >= 4 is 5.91 Å². The van der Waals surface area contributed by atoms with Crippen LogP contribution in [0.2, 0.25) is 0 Å². The van der Waals surface area contributed by atoms with Gasteiger partial charge in [0, 0.05) is 19.6 Å². The van der Waals surface area contributed by atoms with Crippen molar-refractivity contribution < 1.29 is 22.7 Å². The number of piperidine rings is 1. The second kappa shape index (κ2) is 7.22. The normalized spacial score (nSPS) is 25.8. The number of nitrogens with one attached hydrogen (secondary N) is 1. The average Bonchev–Trinajstić information content (AvgIpc) is 2.68. The molecule has 28 heavy (non-hydrogen) atoms. The summed E-state index contributed by atoms with van der Waals surface area (Å²) in [6.45, 7) is 1.58. The minimum atomic E-state index is -4.35. The van der Waals surface area contributed by atoms with Gasteiger partial charge in [-0.05, 0) is 23.6 Å². The van der Waals surface area contributed by atoms with E-state index in [1.807, 2.05) is 30.3 Å². The van der Waals surface area contributed by atoms with E-state index in [0.717, 1.165) is 11.6 Å². The van der Waals surface area contributed by atoms with E-state index in [0.29, 0.717) is 31.6 Å². The number of carbonyl (C=O) groups excluding carboxylic acids is 1. The number of morpholine rings is 1. The van der Waals surface area contributed by atoms with Gasteiger partial charge in [0.15, 0.2) is 0 Å². The largest absolute Gasteiger partial charge is 0.416 e. The number of nitrogens with zero attached hydrogens (tertiary/aromatic N) is 1. The van der Waals surface area contributed by atoms with Crippen LogP contribution in [0.1, 0.15) is 23.1 Å². The Hall–Kier alpha value is -2.38. The summed E-state index contributed by atoms with van der Waals surface area (Å²) in [7, 11) is 0. The van der Waals surface area contributed by atoms with Crippen LogP contribution in [0.5, 0.6) is 0 Å². The van der Waals surface area contributed by atoms with Crippen molar-refractivity contribution in [2.45, 2.75) is 30.8 Å². The molecule has 2 atom stereocenters. The maximum atomic E-state index is 13.0. The first-order valence-electron chi connectivity index (χ1n) is 9.23. The van der Waals surface area contributed by atoms with Gasteiger partial charge in [0.05, 0.1) is 17.2 Å². The van der Waals surface area contributed by atoms with E-state index in [1.54, 1.807) is 6.07 Å². The fraction of sp³-hybridized carbons (Fsp3) is 0.381. The lowest BCUT2D eigenvalue weighted by Gasteiger charge is -2.50. The van der Waals surface area contributed by atoms with Crippen LogP contribution < -0.4 is 5.32 Å². The molecule has 0 spiro atoms. The number of halogens is 3. The lowest BCUT2D eigenvalue weighted by Crippen LogP contribution is -2.66. The Balaban J connectivity index is 1.54. The van der Waals surface area contributed by atoms with E-state index in [1.165, 1.54) is 12.1 Å². The summed E-state index contributed by atoms with van der Waals surface area (Å²) < 4.78 is 44.8. The second-order valence-corrected chi connectivity index (χ2v) is 7.37. The van der Waals surface area contributed by atoms with Crippen LogP contribution in [-0.2, 0) is 27.8 Å². The van der Waals surface area contributed by atoms with Gasteiger partial charge in [-0.3, -0.25) is 9.69 Å². The molecule has 4 nitrogen and oxygen atoms in total. The third-order valence-corrected chi connectivity index (χ3v) is 5.52. The summed E-state index contributed by atoms with van der Waals surface area (Å²) in [6.07, 6.45) is -3.98. The van der Waals surface area contributed by atoms with E-state index in [9.17, 15) is 18.0 Å².